The SMILES string of the molecule is CC(C)(C)OC(=O)N1CC2(CN(C(=O)NC3CCCN(c4cnc(C(N)=O)c(Nc5ccc(S(C)(=O)=O)cc5)n4)C3)C2)C1.CC(C)(C)OC(=O)N1CC2(CN(C(=O)Oc3ccc([N+](=O)[O-])cc3)C2)C1.CS(=O)(=O)c1ccc(Nc2nc(N3CCCC(N)C3)cnc2C(N)=O)cc1.CS(=O)(=O)c1ccc(Nc2nc(N3CCCC(NC(=O)N4CC5(CNC5)C4)C3)cnc2C(N)=O)cc1. The van der Waals surface area contributed by atoms with Crippen LogP contribution in [-0.2, 0) is 39.0 Å². The van der Waals surface area contributed by atoms with Crippen LogP contribution < -0.4 is 74.3 Å². The molecule has 44 nitrogen and oxygen atoms in total. The van der Waals surface area contributed by atoms with E-state index in [0.717, 1.165) is 96.6 Å². The van der Waals surface area contributed by atoms with Gasteiger partial charge < -0.3 is 108 Å². The molecule has 14 N–H and O–H groups in total. The summed E-state index contributed by atoms with van der Waals surface area (Å²) in [5.74, 6) is 0.264. The van der Waals surface area contributed by atoms with Gasteiger partial charge in [-0.05, 0) is 165 Å². The smallest absolute Gasteiger partial charge is 0.415 e. The van der Waals surface area contributed by atoms with Gasteiger partial charge in [0.2, 0.25) is 0 Å². The van der Waals surface area contributed by atoms with Gasteiger partial charge in [0.1, 0.15) is 34.4 Å². The Kier molecular flexibility index (Phi) is 28.3. The van der Waals surface area contributed by atoms with Crippen molar-refractivity contribution >= 4 is 135 Å². The number of rotatable bonds is 19. The van der Waals surface area contributed by atoms with Gasteiger partial charge in [-0.25, -0.2) is 79.1 Å². The average Bonchev–Trinajstić information content (AvgIpc) is 0.725. The number of urea groups is 2. The molecule has 10 amide bonds. The van der Waals surface area contributed by atoms with Crippen molar-refractivity contribution in [3.8, 4) is 5.75 Å². The van der Waals surface area contributed by atoms with Crippen molar-refractivity contribution in [3.63, 3.8) is 0 Å². The molecule has 9 saturated heterocycles. The molecular weight excluding hydrogens is 1770 g/mol. The Morgan fingerprint density at radius 2 is 0.758 bits per heavy atom. The minimum atomic E-state index is -3.36. The Bertz CT molecular complexity index is 5860. The summed E-state index contributed by atoms with van der Waals surface area (Å²) in [6.45, 7) is 23.0. The standard InChI is InChI=1S/C28H38N8O6S.C23H30N8O4S.C17H22N6O3S.C17H21N3O6/c1-27(2,3)42-26(39)36-16-28(17-36)14-35(15-28)25(38)32-19-6-5-11-34(13-19)21-12-30-22(23(29)37)24(33-21)31-18-7-9-20(10-8-18)43(4,40)41;1-36(34,35)17-6-4-15(5-7-17)27-21-19(20(24)32)26-9-18(29-21)30-8-2-3-16(10-30)28-22(33)31-13-23(14-31)11-25-12-23;1-27(25,26)13-6-4-12(5-7-13)21-17-15(16(19)24)20-9-14(22-17)23-8-2-3-11(18)10-23;1-16(2,3)26-15(22)19-10-17(11-19)8-18(9-17)14(21)25-13-6-4-12(5-7-13)20(23)24/h7-10,12,19H,5-6,11,13-17H2,1-4H3,(H2,29,37)(H,31,33)(H,32,38);4-7,9,16,25H,2-3,8,10-14H2,1H3,(H2,24,32)(H,27,29)(H,28,33);4-7,9,11H,2-3,8,10,18H2,1H3,(H2,19,24)(H,21,22);4-7H,8-11H2,1-3H3. The van der Waals surface area contributed by atoms with Crippen molar-refractivity contribution in [1.29, 1.82) is 0 Å². The minimum absolute atomic E-state index is 0.00671. The fraction of sp³-hybridized carbons (Fsp3) is 0.482. The molecule has 12 heterocycles. The van der Waals surface area contributed by atoms with E-state index >= 15 is 0 Å². The van der Waals surface area contributed by atoms with E-state index in [0.29, 0.717) is 113 Å². The van der Waals surface area contributed by atoms with Crippen molar-refractivity contribution in [1.82, 2.24) is 70.4 Å². The fourth-order valence-electron chi connectivity index (χ4n) is 16.6. The van der Waals surface area contributed by atoms with Crippen LogP contribution in [0.5, 0.6) is 5.75 Å². The molecule has 0 bridgehead atoms. The molecule has 16 rings (SSSR count). The number of nitrogens with one attached hydrogen (secondary N) is 6. The summed E-state index contributed by atoms with van der Waals surface area (Å²) in [6.07, 6.45) is 12.0. The zero-order valence-electron chi connectivity index (χ0n) is 74.7. The van der Waals surface area contributed by atoms with E-state index in [2.05, 4.69) is 61.8 Å². The Morgan fingerprint density at radius 3 is 1.05 bits per heavy atom. The van der Waals surface area contributed by atoms with Gasteiger partial charge in [0, 0.05) is 200 Å². The third-order valence-corrected chi connectivity index (χ3v) is 26.6. The molecular formula is C85H111N25O19S3. The fourth-order valence-corrected chi connectivity index (χ4v) is 18.5. The molecule has 9 fully saturated rings. The number of nitrogens with two attached hydrogens (primary N) is 4. The predicted octanol–water partition coefficient (Wildman–Crippen LogP) is 5.56. The van der Waals surface area contributed by atoms with Crippen LogP contribution in [0.1, 0.15) is 112 Å². The second-order valence-corrected chi connectivity index (χ2v) is 43.0. The number of likely N-dealkylation sites (tertiary alicyclic amines) is 5. The molecule has 0 aliphatic carbocycles. The number of anilines is 9. The summed E-state index contributed by atoms with van der Waals surface area (Å²) < 4.78 is 86.1. The summed E-state index contributed by atoms with van der Waals surface area (Å²) in [7, 11) is -9.97. The number of carbonyl (C=O) groups excluding carboxylic acids is 8. The molecule has 4 aromatic carbocycles. The third-order valence-electron chi connectivity index (χ3n) is 23.2. The maximum atomic E-state index is 13.0. The molecule has 3 unspecified atom stereocenters. The van der Waals surface area contributed by atoms with Gasteiger partial charge in [0.25, 0.3) is 23.4 Å². The zero-order chi connectivity index (χ0) is 95.4. The van der Waals surface area contributed by atoms with Gasteiger partial charge in [-0.2, -0.15) is 0 Å². The maximum Gasteiger partial charge on any atom is 0.415 e. The molecule has 3 spiro atoms. The molecule has 0 saturated carbocycles. The topological polar surface area (TPSA) is 589 Å². The zero-order valence-corrected chi connectivity index (χ0v) is 77.1. The first kappa shape index (κ1) is 96.4. The number of nitrogens with zero attached hydrogens (tertiary/aromatic N) is 15. The highest BCUT2D eigenvalue weighted by Gasteiger charge is 2.57. The molecule has 132 heavy (non-hydrogen) atoms. The molecule has 47 heteroatoms. The van der Waals surface area contributed by atoms with E-state index in [9.17, 15) is 73.7 Å². The lowest BCUT2D eigenvalue weighted by molar-refractivity contribution is -0.384. The van der Waals surface area contributed by atoms with Gasteiger partial charge in [-0.3, -0.25) is 24.5 Å². The van der Waals surface area contributed by atoms with Crippen LogP contribution in [0.15, 0.2) is 130 Å². The van der Waals surface area contributed by atoms with Crippen LogP contribution in [0.2, 0.25) is 0 Å². The Hall–Kier alpha value is -13.2. The molecule has 7 aromatic rings. The quantitative estimate of drug-likeness (QED) is 0.0350. The first-order valence-corrected chi connectivity index (χ1v) is 48.4. The summed E-state index contributed by atoms with van der Waals surface area (Å²) in [6, 6.07) is 23.4. The molecule has 9 aliphatic rings. The number of nitro benzene ring substituents is 1. The van der Waals surface area contributed by atoms with Crippen molar-refractivity contribution in [2.75, 3.05) is 167 Å². The Balaban J connectivity index is 0.000000153. The van der Waals surface area contributed by atoms with Gasteiger partial charge in [0.05, 0.1) is 38.2 Å². The van der Waals surface area contributed by atoms with Crippen LogP contribution in [0, 0.1) is 26.4 Å². The first-order valence-electron chi connectivity index (χ1n) is 42.7. The Labute approximate surface area is 763 Å². The van der Waals surface area contributed by atoms with Crippen molar-refractivity contribution in [2.45, 2.75) is 124 Å². The lowest BCUT2D eigenvalue weighted by Gasteiger charge is -2.59. The summed E-state index contributed by atoms with van der Waals surface area (Å²) in [4.78, 5) is 149. The maximum absolute atomic E-state index is 13.0. The monoisotopic (exact) mass is 1880 g/mol. The number of benzene rings is 4. The minimum Gasteiger partial charge on any atom is -0.444 e. The molecule has 708 valence electrons. The highest BCUT2D eigenvalue weighted by molar-refractivity contribution is 7.91. The van der Waals surface area contributed by atoms with Crippen LogP contribution in [0.4, 0.5) is 81.6 Å². The number of hydrogen-bond acceptors (Lipinski definition) is 33. The summed E-state index contributed by atoms with van der Waals surface area (Å²) in [5, 5.41) is 29.2. The highest BCUT2D eigenvalue weighted by atomic mass is 32.2. The second-order valence-electron chi connectivity index (χ2n) is 36.9. The molecule has 0 radical (unpaired) electrons. The third kappa shape index (κ3) is 24.3. The van der Waals surface area contributed by atoms with Gasteiger partial charge in [-0.1, -0.05) is 0 Å². The number of amides is 10. The predicted molar refractivity (Wildman–Crippen MR) is 487 cm³/mol. The number of aromatic nitrogens is 6. The molecule has 3 aromatic heterocycles. The van der Waals surface area contributed by atoms with E-state index in [-0.39, 0.29) is 119 Å². The number of piperidine rings is 3. The van der Waals surface area contributed by atoms with Crippen LogP contribution in [0.25, 0.3) is 0 Å². The second kappa shape index (κ2) is 38.7. The van der Waals surface area contributed by atoms with Gasteiger partial charge in [0.15, 0.2) is 64.0 Å². The van der Waals surface area contributed by atoms with Crippen LogP contribution in [-0.4, -0.2) is 299 Å². The molecule has 9 aliphatic heterocycles. The number of non-ortho nitro benzene ring substituents is 1. The number of hydrogen-bond donors (Lipinski definition) is 10. The number of ether oxygens (including phenoxy) is 3. The average molecular weight is 1880 g/mol. The lowest BCUT2D eigenvalue weighted by atomic mass is 9.73. The lowest BCUT2D eigenvalue weighted by Crippen LogP contribution is -2.75. The van der Waals surface area contributed by atoms with E-state index in [1.807, 2.05) is 61.1 Å². The van der Waals surface area contributed by atoms with Crippen LogP contribution in [0.3, 0.4) is 0 Å². The normalized spacial score (nSPS) is 19.2. The summed E-state index contributed by atoms with van der Waals surface area (Å²) >= 11 is 0. The highest BCUT2D eigenvalue weighted by Crippen LogP contribution is 2.43. The molecule has 3 atom stereocenters. The van der Waals surface area contributed by atoms with E-state index in [1.54, 1.807) is 56.0 Å². The van der Waals surface area contributed by atoms with Gasteiger partial charge >= 0.3 is 30.3 Å². The van der Waals surface area contributed by atoms with Crippen molar-refractivity contribution in [3.05, 3.63) is 143 Å². The van der Waals surface area contributed by atoms with E-state index in [1.165, 1.54) is 79.3 Å². The summed E-state index contributed by atoms with van der Waals surface area (Å²) in [5.41, 5.74) is 23.0. The largest absolute Gasteiger partial charge is 0.444 e. The Morgan fingerprint density at radius 1 is 0.447 bits per heavy atom. The van der Waals surface area contributed by atoms with Crippen molar-refractivity contribution in [2.24, 2.45) is 39.2 Å². The number of primary amides is 3. The van der Waals surface area contributed by atoms with Crippen LogP contribution >= 0.6 is 0 Å². The first-order chi connectivity index (χ1) is 62.0. The number of carbonyl (C=O) groups is 8. The number of sulfone groups is 3. The number of nitro groups is 1. The van der Waals surface area contributed by atoms with E-state index < -0.39 is 69.5 Å². The van der Waals surface area contributed by atoms with E-state index in [4.69, 9.17) is 37.1 Å². The van der Waals surface area contributed by atoms with Crippen molar-refractivity contribution < 1.29 is 82.7 Å². The van der Waals surface area contributed by atoms with Gasteiger partial charge in [-0.15, -0.1) is 0 Å².